The zero-order valence-corrected chi connectivity index (χ0v) is 28.0. The maximum absolute atomic E-state index is 14.0. The van der Waals surface area contributed by atoms with Crippen molar-refractivity contribution >= 4 is 74.7 Å². The lowest BCUT2D eigenvalue weighted by atomic mass is 9.69. The van der Waals surface area contributed by atoms with Gasteiger partial charge in [-0.15, -0.1) is 6.42 Å². The number of thiazole rings is 1. The van der Waals surface area contributed by atoms with E-state index in [-0.39, 0.29) is 36.3 Å². The summed E-state index contributed by atoms with van der Waals surface area (Å²) in [5.41, 5.74) is 14.5. The number of nitrogens with one attached hydrogen (secondary N) is 2. The molecule has 3 aromatic heterocycles. The summed E-state index contributed by atoms with van der Waals surface area (Å²) in [6.07, 6.45) is 4.40. The van der Waals surface area contributed by atoms with Gasteiger partial charge in [-0.3, -0.25) is 33.6 Å². The van der Waals surface area contributed by atoms with E-state index in [0.717, 1.165) is 11.3 Å². The third-order valence-electron chi connectivity index (χ3n) is 7.87. The van der Waals surface area contributed by atoms with Gasteiger partial charge in [-0.2, -0.15) is 9.97 Å². The molecule has 0 saturated heterocycles. The van der Waals surface area contributed by atoms with Gasteiger partial charge in [0.15, 0.2) is 22.0 Å². The summed E-state index contributed by atoms with van der Waals surface area (Å²) < 4.78 is 0. The first-order valence-corrected chi connectivity index (χ1v) is 16.0. The Morgan fingerprint density at radius 1 is 1.00 bits per heavy atom. The van der Waals surface area contributed by atoms with Crippen LogP contribution in [-0.4, -0.2) is 118 Å². The van der Waals surface area contributed by atoms with E-state index in [0.29, 0.717) is 21.6 Å². The number of nitrogen functional groups attached to an aromatic ring is 1. The van der Waals surface area contributed by atoms with Crippen molar-refractivity contribution in [2.45, 2.75) is 56.7 Å². The lowest BCUT2D eigenvalue weighted by Crippen LogP contribution is -2.61. The number of nitrogens with two attached hydrogens (primary N) is 3. The van der Waals surface area contributed by atoms with Gasteiger partial charge in [-0.25, -0.2) is 4.98 Å². The first-order chi connectivity index (χ1) is 24.4. The first-order valence-electron chi connectivity index (χ1n) is 15.2. The third kappa shape index (κ3) is 9.33. The molecule has 1 unspecified atom stereocenters. The highest BCUT2D eigenvalue weighted by Gasteiger charge is 2.57. The average Bonchev–Trinajstić information content (AvgIpc) is 3.73. The molecule has 3 heterocycles. The monoisotopic (exact) mass is 745 g/mol. The number of ketones is 2. The zero-order chi connectivity index (χ0) is 38.9. The lowest BCUT2D eigenvalue weighted by molar-refractivity contribution is -0.162. The van der Waals surface area contributed by atoms with Crippen molar-refractivity contribution < 1.29 is 59.1 Å². The first kappa shape index (κ1) is 40.3. The summed E-state index contributed by atoms with van der Waals surface area (Å²) in [7, 11) is 0. The molecule has 0 aliphatic heterocycles. The Bertz CT molecular complexity index is 1920. The van der Waals surface area contributed by atoms with Crippen LogP contribution >= 0.6 is 11.3 Å². The number of rotatable bonds is 21. The van der Waals surface area contributed by atoms with E-state index in [1.54, 1.807) is 11.1 Å². The highest BCUT2D eigenvalue weighted by atomic mass is 32.1. The van der Waals surface area contributed by atoms with Gasteiger partial charge in [0.2, 0.25) is 11.8 Å². The molecule has 13 N–H and O–H groups in total. The van der Waals surface area contributed by atoms with Crippen molar-refractivity contribution in [3.05, 3.63) is 23.0 Å². The van der Waals surface area contributed by atoms with Crippen LogP contribution in [-0.2, 0) is 35.2 Å². The van der Waals surface area contributed by atoms with E-state index >= 15 is 0 Å². The van der Waals surface area contributed by atoms with E-state index < -0.39 is 97.0 Å². The van der Waals surface area contributed by atoms with Crippen molar-refractivity contribution in [1.82, 2.24) is 25.3 Å². The molecule has 0 aliphatic carbocycles. The third-order valence-corrected chi connectivity index (χ3v) is 8.93. The molecule has 3 rings (SSSR count). The highest BCUT2D eigenvalue weighted by molar-refractivity contribution is 7.17. The Kier molecular flexibility index (Phi) is 13.3. The summed E-state index contributed by atoms with van der Waals surface area (Å²) in [6.45, 7) is 0.245. The van der Waals surface area contributed by atoms with Crippen LogP contribution < -0.4 is 27.4 Å². The molecule has 0 aromatic carbocycles. The second-order valence-corrected chi connectivity index (χ2v) is 12.4. The number of H-pyrrole nitrogens is 1. The molecule has 0 aliphatic rings. The fourth-order valence-electron chi connectivity index (χ4n) is 5.26. The summed E-state index contributed by atoms with van der Waals surface area (Å²) in [4.78, 5) is 104. The van der Waals surface area contributed by atoms with E-state index in [2.05, 4.69) is 31.2 Å². The second kappa shape index (κ2) is 17.2. The molecule has 278 valence electrons. The number of hydrogen-bond acceptors (Lipinski definition) is 16. The second-order valence-electron chi connectivity index (χ2n) is 11.4. The molecule has 52 heavy (non-hydrogen) atoms. The van der Waals surface area contributed by atoms with Crippen molar-refractivity contribution in [1.29, 1.82) is 0 Å². The largest absolute Gasteiger partial charge is 0.493 e. The minimum atomic E-state index is -3.34. The van der Waals surface area contributed by atoms with Gasteiger partial charge < -0.3 is 57.9 Å². The van der Waals surface area contributed by atoms with Crippen LogP contribution in [0.3, 0.4) is 0 Å². The smallest absolute Gasteiger partial charge is 0.325 e. The molecule has 0 saturated carbocycles. The number of amides is 1. The molecule has 0 bridgehead atoms. The Balaban J connectivity index is 1.94. The van der Waals surface area contributed by atoms with E-state index in [4.69, 9.17) is 28.7 Å². The van der Waals surface area contributed by atoms with Crippen LogP contribution in [0, 0.1) is 17.8 Å². The maximum Gasteiger partial charge on any atom is 0.325 e. The minimum Gasteiger partial charge on any atom is -0.493 e. The quantitative estimate of drug-likeness (QED) is 0.0440. The number of aromatic amines is 1. The number of anilines is 2. The predicted octanol–water partition coefficient (Wildman–Crippen LogP) is -1.45. The summed E-state index contributed by atoms with van der Waals surface area (Å²) in [5.74, 6) is -9.20. The number of aromatic nitrogens is 4. The number of hydrogen-bond donors (Lipinski definition) is 10. The summed E-state index contributed by atoms with van der Waals surface area (Å²) >= 11 is 0.787. The van der Waals surface area contributed by atoms with Crippen LogP contribution in [0.5, 0.6) is 5.88 Å². The fourth-order valence-corrected chi connectivity index (χ4v) is 6.10. The van der Waals surface area contributed by atoms with Crippen LogP contribution in [0.15, 0.2) is 12.4 Å². The molecule has 22 heteroatoms. The number of Topliss-reactive ketones (excluding diaryl/α,β-unsaturated/α-hetero) is 2. The molecule has 1 amide bonds. The van der Waals surface area contributed by atoms with Gasteiger partial charge in [0.25, 0.3) is 5.91 Å². The number of terminal acetylenes is 1. The van der Waals surface area contributed by atoms with Gasteiger partial charge in [0, 0.05) is 32.0 Å². The van der Waals surface area contributed by atoms with Crippen molar-refractivity contribution in [3.8, 4) is 18.2 Å². The van der Waals surface area contributed by atoms with E-state index in [1.807, 2.05) is 0 Å². The molecule has 0 fully saturated rings. The predicted molar refractivity (Wildman–Crippen MR) is 180 cm³/mol. The van der Waals surface area contributed by atoms with E-state index in [9.17, 15) is 54.0 Å². The molecule has 0 radical (unpaired) electrons. The molecule has 3 aromatic rings. The van der Waals surface area contributed by atoms with Crippen LogP contribution in [0.25, 0.3) is 11.0 Å². The number of aromatic hydroxyl groups is 1. The van der Waals surface area contributed by atoms with Gasteiger partial charge in [0.05, 0.1) is 30.2 Å². The molecule has 21 nitrogen and oxygen atoms in total. The number of carbonyl (C=O) groups excluding carboxylic acids is 3. The number of nitrogens with zero attached hydrogens (tertiary/aromatic N) is 4. The SMILES string of the molecule is C#CCN(CCc1c[nH]c2nc(N)nc(O)c12)c1cnc(C(=O)N[C@@H](CCC(=O)O)C(=O)C(C[C@H](N)C(=O)O)(C(=O)O)C(=O)[C@@H](N)CCC(=O)O)s1. The van der Waals surface area contributed by atoms with Gasteiger partial charge in [-0.1, -0.05) is 17.3 Å². The number of aliphatic carboxylic acids is 4. The number of carboxylic acids is 4. The Morgan fingerprint density at radius 3 is 2.25 bits per heavy atom. The Labute approximate surface area is 297 Å². The zero-order valence-electron chi connectivity index (χ0n) is 27.1. The summed E-state index contributed by atoms with van der Waals surface area (Å²) in [5, 5.41) is 50.9. The van der Waals surface area contributed by atoms with E-state index in [1.165, 1.54) is 6.20 Å². The van der Waals surface area contributed by atoms with Crippen LogP contribution in [0.2, 0.25) is 0 Å². The summed E-state index contributed by atoms with van der Waals surface area (Å²) in [6, 6.07) is -6.07. The normalized spacial score (nSPS) is 13.9. The van der Waals surface area contributed by atoms with Gasteiger partial charge >= 0.3 is 23.9 Å². The lowest BCUT2D eigenvalue weighted by Gasteiger charge is -2.33. The standard InChI is InChI=1S/C30H35N9O12S/c1-2-8-39(9-7-13-11-34-23-20(13)24(46)38-29(33)37-23)17-12-35-26(52-17)25(47)36-16(4-6-19(42)43)22(45)30(28(50)51,10-15(32)27(48)49)21(44)14(31)3-5-18(40)41/h1,11-12,14-16H,3-10,31-32H2,(H,36,47)(H,40,41)(H,42,43)(H,48,49)(H,50,51)(H4,33,34,37,38,46)/t14-,15-,16-,30?/m0/s1. The van der Waals surface area contributed by atoms with Gasteiger partial charge in [0.1, 0.15) is 16.7 Å². The van der Waals surface area contributed by atoms with Crippen molar-refractivity contribution in [2.24, 2.45) is 16.9 Å². The average molecular weight is 746 g/mol. The van der Waals surface area contributed by atoms with Crippen LogP contribution in [0.1, 0.15) is 47.5 Å². The minimum absolute atomic E-state index is 0.0238. The number of carbonyl (C=O) groups is 7. The molecular formula is C30H35N9O12S. The van der Waals surface area contributed by atoms with Gasteiger partial charge in [-0.05, 0) is 24.8 Å². The maximum atomic E-state index is 14.0. The number of fused-ring (bicyclic) bond motifs is 1. The fraction of sp³-hybridized carbons (Fsp3) is 0.400. The van der Waals surface area contributed by atoms with Crippen LogP contribution in [0.4, 0.5) is 10.9 Å². The molecule has 4 atom stereocenters. The number of carboxylic acid groups (broad SMARTS) is 4. The topological polar surface area (TPSA) is 368 Å². The molecular weight excluding hydrogens is 710 g/mol. The van der Waals surface area contributed by atoms with Crippen molar-refractivity contribution in [2.75, 3.05) is 23.7 Å². The molecule has 0 spiro atoms. The highest BCUT2D eigenvalue weighted by Crippen LogP contribution is 2.33. The Hall–Kier alpha value is -6.18. The van der Waals surface area contributed by atoms with Crippen molar-refractivity contribution in [3.63, 3.8) is 0 Å². The Morgan fingerprint density at radius 2 is 1.65 bits per heavy atom.